The van der Waals surface area contributed by atoms with E-state index < -0.39 is 0 Å². The molecular weight excluding hydrogens is 355 g/mol. The molecule has 6 heteroatoms. The summed E-state index contributed by atoms with van der Waals surface area (Å²) in [6.07, 6.45) is 1.65. The van der Waals surface area contributed by atoms with Crippen LogP contribution in [-0.4, -0.2) is 39.7 Å². The van der Waals surface area contributed by atoms with Crippen molar-refractivity contribution >= 4 is 16.9 Å². The highest BCUT2D eigenvalue weighted by atomic mass is 19.1. The van der Waals surface area contributed by atoms with Crippen LogP contribution in [-0.2, 0) is 6.54 Å². The maximum Gasteiger partial charge on any atom is 0.254 e. The minimum Gasteiger partial charge on any atom is -0.345 e. The highest BCUT2D eigenvalue weighted by Gasteiger charge is 2.19. The fourth-order valence-corrected chi connectivity index (χ4v) is 3.15. The van der Waals surface area contributed by atoms with Crippen molar-refractivity contribution in [2.24, 2.45) is 0 Å². The first-order valence-corrected chi connectivity index (χ1v) is 8.91. The Balaban J connectivity index is 1.89. The number of amides is 1. The van der Waals surface area contributed by atoms with Gasteiger partial charge in [-0.25, -0.2) is 14.1 Å². The number of rotatable bonds is 4. The average Bonchev–Trinajstić information content (AvgIpc) is 3.10. The van der Waals surface area contributed by atoms with Crippen molar-refractivity contribution in [3.8, 4) is 11.3 Å². The molecule has 2 aromatic heterocycles. The zero-order valence-electron chi connectivity index (χ0n) is 15.6. The van der Waals surface area contributed by atoms with Crippen LogP contribution in [0.1, 0.15) is 15.9 Å². The molecule has 2 aromatic carbocycles. The van der Waals surface area contributed by atoms with E-state index >= 15 is 0 Å². The Morgan fingerprint density at radius 1 is 1.07 bits per heavy atom. The second kappa shape index (κ2) is 7.23. The molecule has 140 valence electrons. The van der Waals surface area contributed by atoms with Gasteiger partial charge in [-0.2, -0.15) is 5.10 Å². The van der Waals surface area contributed by atoms with E-state index in [0.717, 1.165) is 11.1 Å². The van der Waals surface area contributed by atoms with Gasteiger partial charge in [-0.05, 0) is 23.8 Å². The number of carbonyl (C=O) groups is 1. The first kappa shape index (κ1) is 17.9. The van der Waals surface area contributed by atoms with Gasteiger partial charge in [-0.1, -0.05) is 42.5 Å². The number of fused-ring (bicyclic) bond motifs is 1. The number of benzene rings is 2. The number of aromatic nitrogens is 3. The van der Waals surface area contributed by atoms with E-state index in [1.165, 1.54) is 17.0 Å². The van der Waals surface area contributed by atoms with Crippen LogP contribution in [0.4, 0.5) is 4.39 Å². The van der Waals surface area contributed by atoms with Gasteiger partial charge in [-0.3, -0.25) is 4.79 Å². The van der Waals surface area contributed by atoms with Gasteiger partial charge >= 0.3 is 0 Å². The Morgan fingerprint density at radius 3 is 2.57 bits per heavy atom. The summed E-state index contributed by atoms with van der Waals surface area (Å²) < 4.78 is 15.3. The largest absolute Gasteiger partial charge is 0.345 e. The van der Waals surface area contributed by atoms with Gasteiger partial charge in [0.1, 0.15) is 5.82 Å². The minimum atomic E-state index is -0.296. The quantitative estimate of drug-likeness (QED) is 0.543. The lowest BCUT2D eigenvalue weighted by molar-refractivity contribution is 0.0829. The Hall–Kier alpha value is -3.54. The topological polar surface area (TPSA) is 51.0 Å². The van der Waals surface area contributed by atoms with E-state index in [2.05, 4.69) is 5.10 Å². The van der Waals surface area contributed by atoms with Crippen molar-refractivity contribution in [2.75, 3.05) is 14.1 Å². The third kappa shape index (κ3) is 3.36. The fourth-order valence-electron chi connectivity index (χ4n) is 3.15. The molecule has 0 saturated carbocycles. The molecule has 0 atom stereocenters. The molecule has 4 aromatic rings. The Kier molecular flexibility index (Phi) is 4.61. The van der Waals surface area contributed by atoms with Gasteiger partial charge in [0.2, 0.25) is 0 Å². The van der Waals surface area contributed by atoms with Gasteiger partial charge in [0.05, 0.1) is 29.4 Å². The Bertz CT molecular complexity index is 1150. The van der Waals surface area contributed by atoms with Crippen molar-refractivity contribution < 1.29 is 9.18 Å². The molecule has 5 nitrogen and oxygen atoms in total. The van der Waals surface area contributed by atoms with Crippen LogP contribution in [0.15, 0.2) is 66.9 Å². The van der Waals surface area contributed by atoms with Crippen LogP contribution in [0.5, 0.6) is 0 Å². The predicted octanol–water partition coefficient (Wildman–Crippen LogP) is 3.99. The molecule has 0 aliphatic rings. The summed E-state index contributed by atoms with van der Waals surface area (Å²) in [5, 5.41) is 5.09. The van der Waals surface area contributed by atoms with Crippen LogP contribution >= 0.6 is 0 Å². The maximum atomic E-state index is 13.6. The summed E-state index contributed by atoms with van der Waals surface area (Å²) in [7, 11) is 3.43. The predicted molar refractivity (Wildman–Crippen MR) is 106 cm³/mol. The molecule has 0 unspecified atom stereocenters. The van der Waals surface area contributed by atoms with E-state index in [4.69, 9.17) is 4.98 Å². The Labute approximate surface area is 162 Å². The molecule has 28 heavy (non-hydrogen) atoms. The maximum absolute atomic E-state index is 13.6. The SMILES string of the molecule is CN(C)C(=O)c1cc(-c2ccccc2)nc2c1cnn2Cc1cccc(F)c1. The summed E-state index contributed by atoms with van der Waals surface area (Å²) in [5.41, 5.74) is 3.52. The number of pyridine rings is 1. The van der Waals surface area contributed by atoms with Crippen molar-refractivity contribution in [1.29, 1.82) is 0 Å². The van der Waals surface area contributed by atoms with Crippen LogP contribution in [0.3, 0.4) is 0 Å². The monoisotopic (exact) mass is 374 g/mol. The van der Waals surface area contributed by atoms with E-state index in [1.54, 1.807) is 37.1 Å². The lowest BCUT2D eigenvalue weighted by atomic mass is 10.1. The zero-order valence-corrected chi connectivity index (χ0v) is 15.6. The minimum absolute atomic E-state index is 0.116. The fraction of sp³-hybridized carbons (Fsp3) is 0.136. The summed E-state index contributed by atoms with van der Waals surface area (Å²) >= 11 is 0. The molecule has 0 aliphatic heterocycles. The highest BCUT2D eigenvalue weighted by molar-refractivity contribution is 6.06. The summed E-state index contributed by atoms with van der Waals surface area (Å²) in [6.45, 7) is 0.363. The van der Waals surface area contributed by atoms with Gasteiger partial charge in [-0.15, -0.1) is 0 Å². The molecule has 0 aliphatic carbocycles. The molecule has 1 amide bonds. The molecule has 2 heterocycles. The van der Waals surface area contributed by atoms with Crippen molar-refractivity contribution in [3.05, 3.63) is 83.8 Å². The highest BCUT2D eigenvalue weighted by Crippen LogP contribution is 2.26. The van der Waals surface area contributed by atoms with Crippen LogP contribution < -0.4 is 0 Å². The zero-order chi connectivity index (χ0) is 19.7. The van der Waals surface area contributed by atoms with Crippen LogP contribution in [0, 0.1) is 5.82 Å². The molecule has 0 spiro atoms. The van der Waals surface area contributed by atoms with E-state index in [9.17, 15) is 9.18 Å². The molecule has 0 saturated heterocycles. The molecule has 0 radical (unpaired) electrons. The third-order valence-corrected chi connectivity index (χ3v) is 4.54. The van der Waals surface area contributed by atoms with E-state index in [0.29, 0.717) is 28.8 Å². The normalized spacial score (nSPS) is 11.0. The lowest BCUT2D eigenvalue weighted by Crippen LogP contribution is -2.22. The van der Waals surface area contributed by atoms with Gasteiger partial charge in [0, 0.05) is 19.7 Å². The third-order valence-electron chi connectivity index (χ3n) is 4.54. The van der Waals surface area contributed by atoms with Crippen LogP contribution in [0.25, 0.3) is 22.3 Å². The van der Waals surface area contributed by atoms with Gasteiger partial charge in [0.15, 0.2) is 5.65 Å². The van der Waals surface area contributed by atoms with Gasteiger partial charge in [0.25, 0.3) is 5.91 Å². The van der Waals surface area contributed by atoms with E-state index in [-0.39, 0.29) is 11.7 Å². The molecular formula is C22H19FN4O. The number of nitrogens with zero attached hydrogens (tertiary/aromatic N) is 4. The summed E-state index contributed by atoms with van der Waals surface area (Å²) in [6, 6.07) is 17.9. The first-order chi connectivity index (χ1) is 13.5. The molecule has 0 N–H and O–H groups in total. The summed E-state index contributed by atoms with van der Waals surface area (Å²) in [4.78, 5) is 19.1. The van der Waals surface area contributed by atoms with Crippen LogP contribution in [0.2, 0.25) is 0 Å². The van der Waals surface area contributed by atoms with Crippen molar-refractivity contribution in [1.82, 2.24) is 19.7 Å². The summed E-state index contributed by atoms with van der Waals surface area (Å²) in [5.74, 6) is -0.412. The van der Waals surface area contributed by atoms with E-state index in [1.807, 2.05) is 36.4 Å². The molecule has 0 fully saturated rings. The Morgan fingerprint density at radius 2 is 1.86 bits per heavy atom. The number of hydrogen-bond acceptors (Lipinski definition) is 3. The average molecular weight is 374 g/mol. The first-order valence-electron chi connectivity index (χ1n) is 8.91. The number of hydrogen-bond donors (Lipinski definition) is 0. The van der Waals surface area contributed by atoms with Crippen molar-refractivity contribution in [3.63, 3.8) is 0 Å². The number of carbonyl (C=O) groups excluding carboxylic acids is 1. The lowest BCUT2D eigenvalue weighted by Gasteiger charge is -2.13. The molecule has 4 rings (SSSR count). The smallest absolute Gasteiger partial charge is 0.254 e. The molecule has 0 bridgehead atoms. The second-order valence-corrected chi connectivity index (χ2v) is 6.79. The van der Waals surface area contributed by atoms with Gasteiger partial charge < -0.3 is 4.90 Å². The number of halogens is 1. The van der Waals surface area contributed by atoms with Crippen molar-refractivity contribution in [2.45, 2.75) is 6.54 Å². The second-order valence-electron chi connectivity index (χ2n) is 6.79. The standard InChI is InChI=1S/C22H19FN4O/c1-26(2)22(28)18-12-20(16-8-4-3-5-9-16)25-21-19(18)13-24-27(21)14-15-7-6-10-17(23)11-15/h3-13H,14H2,1-2H3.